The van der Waals surface area contributed by atoms with Crippen molar-refractivity contribution >= 4 is 21.5 Å². The van der Waals surface area contributed by atoms with Gasteiger partial charge in [0.05, 0.1) is 0 Å². The summed E-state index contributed by atoms with van der Waals surface area (Å²) >= 11 is 0. The molecule has 0 amide bonds. The number of halogens is 2. The molecule has 1 atom stereocenters. The smallest absolute Gasteiger partial charge is 1.00 e. The van der Waals surface area contributed by atoms with Gasteiger partial charge in [-0.15, -0.1) is 39.7 Å². The average Bonchev–Trinajstić information content (AvgIpc) is 3.22. The minimum absolute atomic E-state index is 0. The average molecular weight is 575 g/mol. The van der Waals surface area contributed by atoms with Gasteiger partial charge in [-0.05, 0) is 10.8 Å². The fourth-order valence-corrected chi connectivity index (χ4v) is 4.01. The molecule has 3 heteroatoms. The van der Waals surface area contributed by atoms with Gasteiger partial charge in [-0.2, -0.15) is 11.6 Å². The van der Waals surface area contributed by atoms with Crippen molar-refractivity contribution in [2.45, 2.75) is 80.1 Å². The van der Waals surface area contributed by atoms with Gasteiger partial charge < -0.3 is 24.8 Å². The molecule has 1 aliphatic rings. The van der Waals surface area contributed by atoms with Crippen LogP contribution in [0.4, 0.5) is 0 Å². The zero-order valence-electron chi connectivity index (χ0n) is 22.5. The van der Waals surface area contributed by atoms with Crippen LogP contribution in [0.5, 0.6) is 0 Å². The zero-order valence-corrected chi connectivity index (χ0v) is 26.5. The van der Waals surface area contributed by atoms with Crippen molar-refractivity contribution in [3.8, 4) is 0 Å². The van der Waals surface area contributed by atoms with Crippen LogP contribution in [0.3, 0.4) is 0 Å². The summed E-state index contributed by atoms with van der Waals surface area (Å²) in [5.41, 5.74) is 4.93. The molecular weight excluding hydrogens is 534 g/mol. The molecule has 34 heavy (non-hydrogen) atoms. The molecule has 0 N–H and O–H groups in total. The first-order chi connectivity index (χ1) is 14.2. The summed E-state index contributed by atoms with van der Waals surface area (Å²) in [6, 6.07) is 16.2. The Labute approximate surface area is 240 Å². The summed E-state index contributed by atoms with van der Waals surface area (Å²) in [5.74, 6) is 0.522. The molecule has 0 nitrogen and oxygen atoms in total. The normalized spacial score (nSPS) is 15.6. The van der Waals surface area contributed by atoms with Crippen LogP contribution in [0, 0.1) is 17.4 Å². The molecule has 0 saturated carbocycles. The van der Waals surface area contributed by atoms with E-state index in [9.17, 15) is 0 Å². The van der Waals surface area contributed by atoms with Crippen LogP contribution < -0.4 is 24.8 Å². The first-order valence-electron chi connectivity index (χ1n) is 11.6. The molecule has 0 fully saturated rings. The zero-order chi connectivity index (χ0) is 23.2. The van der Waals surface area contributed by atoms with Crippen molar-refractivity contribution in [1.29, 1.82) is 0 Å². The third kappa shape index (κ3) is 7.88. The van der Waals surface area contributed by atoms with Crippen LogP contribution in [0.25, 0.3) is 21.5 Å². The fraction of sp³-hybridized carbons (Fsp3) is 0.452. The van der Waals surface area contributed by atoms with Gasteiger partial charge in [-0.1, -0.05) is 116 Å². The van der Waals surface area contributed by atoms with Crippen molar-refractivity contribution in [3.05, 3.63) is 77.4 Å². The number of rotatable bonds is 0. The Balaban J connectivity index is 0.000000721. The van der Waals surface area contributed by atoms with E-state index in [0.29, 0.717) is 11.3 Å². The minimum Gasteiger partial charge on any atom is -1.00 e. The molecule has 0 heterocycles. The third-order valence-electron chi connectivity index (χ3n) is 6.23. The molecule has 0 saturated heterocycles. The second kappa shape index (κ2) is 12.0. The van der Waals surface area contributed by atoms with Crippen LogP contribution in [-0.4, -0.2) is 0 Å². The van der Waals surface area contributed by atoms with Crippen molar-refractivity contribution in [2.75, 3.05) is 0 Å². The molecule has 1 aliphatic carbocycles. The maximum atomic E-state index is 3.26. The summed E-state index contributed by atoms with van der Waals surface area (Å²) < 4.78 is 0. The second-order valence-electron chi connectivity index (χ2n) is 12.2. The SMILES string of the molecule is CC(C)(C)c1ccc2c(c1)[cH-]c1cc(C(C)(C)C)ccc12.CC1[C-]=CC(C(C)(C)C)=C1.[Cl-].[Cl-].[Zr+4]. The van der Waals surface area contributed by atoms with Gasteiger partial charge >= 0.3 is 26.2 Å². The van der Waals surface area contributed by atoms with Crippen molar-refractivity contribution in [2.24, 2.45) is 11.3 Å². The molecule has 0 spiro atoms. The molecule has 4 rings (SSSR count). The van der Waals surface area contributed by atoms with E-state index in [4.69, 9.17) is 0 Å². The molecular formula is C31H40Cl2Zr. The van der Waals surface area contributed by atoms with Crippen molar-refractivity contribution < 1.29 is 51.0 Å². The number of fused-ring (bicyclic) bond motifs is 3. The van der Waals surface area contributed by atoms with Crippen molar-refractivity contribution in [1.82, 2.24) is 0 Å². The maximum Gasteiger partial charge on any atom is 4.00 e. The molecule has 0 aromatic heterocycles. The van der Waals surface area contributed by atoms with E-state index < -0.39 is 0 Å². The van der Waals surface area contributed by atoms with E-state index in [2.05, 4.69) is 130 Å². The summed E-state index contributed by atoms with van der Waals surface area (Å²) in [7, 11) is 0. The minimum atomic E-state index is 0. The maximum absolute atomic E-state index is 3.26. The molecule has 0 bridgehead atoms. The Morgan fingerprint density at radius 1 is 0.676 bits per heavy atom. The molecule has 3 aromatic carbocycles. The summed E-state index contributed by atoms with van der Waals surface area (Å²) in [5, 5.41) is 5.48. The van der Waals surface area contributed by atoms with E-state index in [0.717, 1.165) is 0 Å². The van der Waals surface area contributed by atoms with E-state index in [1.807, 2.05) is 0 Å². The van der Waals surface area contributed by atoms with Crippen LogP contribution >= 0.6 is 0 Å². The Morgan fingerprint density at radius 3 is 1.35 bits per heavy atom. The number of hydrogen-bond donors (Lipinski definition) is 0. The number of benzene rings is 2. The van der Waals surface area contributed by atoms with Crippen LogP contribution in [0.1, 0.15) is 80.4 Å². The van der Waals surface area contributed by atoms with Gasteiger partial charge in [0.2, 0.25) is 0 Å². The predicted molar refractivity (Wildman–Crippen MR) is 139 cm³/mol. The summed E-state index contributed by atoms with van der Waals surface area (Å²) in [6.07, 6.45) is 7.65. The van der Waals surface area contributed by atoms with Crippen LogP contribution in [-0.2, 0) is 37.0 Å². The first-order valence-corrected chi connectivity index (χ1v) is 11.6. The monoisotopic (exact) mass is 572 g/mol. The summed E-state index contributed by atoms with van der Waals surface area (Å²) in [6.45, 7) is 22.5. The molecule has 182 valence electrons. The Morgan fingerprint density at radius 2 is 1.09 bits per heavy atom. The van der Waals surface area contributed by atoms with E-state index in [1.54, 1.807) is 0 Å². The fourth-order valence-electron chi connectivity index (χ4n) is 4.01. The van der Waals surface area contributed by atoms with Gasteiger partial charge in [0, 0.05) is 0 Å². The van der Waals surface area contributed by atoms with Crippen LogP contribution in [0.2, 0.25) is 0 Å². The molecule has 0 radical (unpaired) electrons. The van der Waals surface area contributed by atoms with E-state index in [1.165, 1.54) is 38.2 Å². The van der Waals surface area contributed by atoms with Gasteiger partial charge in [0.25, 0.3) is 0 Å². The Kier molecular flexibility index (Phi) is 11.7. The molecule has 0 aliphatic heterocycles. The largest absolute Gasteiger partial charge is 4.00 e. The number of allylic oxidation sites excluding steroid dienone is 4. The van der Waals surface area contributed by atoms with Crippen molar-refractivity contribution in [3.63, 3.8) is 0 Å². The quantitative estimate of drug-likeness (QED) is 0.362. The van der Waals surface area contributed by atoms with Gasteiger partial charge in [0.15, 0.2) is 0 Å². The topological polar surface area (TPSA) is 0 Å². The second-order valence-corrected chi connectivity index (χ2v) is 12.2. The first kappa shape index (κ1) is 33.3. The van der Waals surface area contributed by atoms with E-state index in [-0.39, 0.29) is 61.8 Å². The molecule has 3 aromatic rings. The Hall–Kier alpha value is -0.747. The third-order valence-corrected chi connectivity index (χ3v) is 6.23. The van der Waals surface area contributed by atoms with Crippen LogP contribution in [0.15, 0.2) is 60.2 Å². The molecule has 1 unspecified atom stereocenters. The Bertz CT molecular complexity index is 1070. The van der Waals surface area contributed by atoms with Gasteiger partial charge in [0.1, 0.15) is 0 Å². The van der Waals surface area contributed by atoms with Gasteiger partial charge in [-0.3, -0.25) is 6.08 Å². The van der Waals surface area contributed by atoms with E-state index >= 15 is 0 Å². The number of hydrogen-bond acceptors (Lipinski definition) is 0. The predicted octanol–water partition coefficient (Wildman–Crippen LogP) is 3.28. The van der Waals surface area contributed by atoms with Gasteiger partial charge in [-0.25, -0.2) is 6.08 Å². The summed E-state index contributed by atoms with van der Waals surface area (Å²) in [4.78, 5) is 0. The standard InChI is InChI=1S/C21H25.C10H15.2ClH.Zr/c1-20(2,3)16-7-9-18-14(12-16)11-15-13-17(21(4,5)6)8-10-19(15)18;1-8-5-6-9(7-8)10(2,3)4;;;/h7-13H,1-6H3;6-8H,1-4H3;2*1H;/q2*-1;;;+4/p-2.